The Hall–Kier alpha value is -1.75. The molecule has 0 bridgehead atoms. The lowest BCUT2D eigenvalue weighted by Crippen LogP contribution is -2.26. The molecule has 2 aromatic rings. The Labute approximate surface area is 126 Å². The standard InChI is InChI=1S/C15H16BrN3O/c1-10-12(4-3-5-14(10)16)6-8-17-15(20)13-7-9-18-19-11(13)2/h3-5,7,9H,6,8H2,1-2H3,(H,17,20). The van der Waals surface area contributed by atoms with E-state index in [2.05, 4.69) is 44.4 Å². The molecule has 0 atom stereocenters. The summed E-state index contributed by atoms with van der Waals surface area (Å²) in [5, 5.41) is 10.5. The number of halogens is 1. The summed E-state index contributed by atoms with van der Waals surface area (Å²) in [7, 11) is 0. The number of nitrogens with zero attached hydrogens (tertiary/aromatic N) is 2. The van der Waals surface area contributed by atoms with Crippen LogP contribution in [0.1, 0.15) is 27.2 Å². The zero-order valence-electron chi connectivity index (χ0n) is 11.5. The monoisotopic (exact) mass is 333 g/mol. The fraction of sp³-hybridized carbons (Fsp3) is 0.267. The molecule has 0 spiro atoms. The van der Waals surface area contributed by atoms with Crippen molar-refractivity contribution in [3.05, 3.63) is 57.3 Å². The van der Waals surface area contributed by atoms with E-state index in [0.717, 1.165) is 10.9 Å². The van der Waals surface area contributed by atoms with Crippen molar-refractivity contribution in [2.24, 2.45) is 0 Å². The summed E-state index contributed by atoms with van der Waals surface area (Å²) in [6, 6.07) is 7.78. The molecule has 0 aliphatic carbocycles. The minimum Gasteiger partial charge on any atom is -0.352 e. The second-order valence-electron chi connectivity index (χ2n) is 4.56. The smallest absolute Gasteiger partial charge is 0.253 e. The van der Waals surface area contributed by atoms with Crippen molar-refractivity contribution in [2.45, 2.75) is 20.3 Å². The fourth-order valence-electron chi connectivity index (χ4n) is 1.97. The van der Waals surface area contributed by atoms with Gasteiger partial charge in [0.15, 0.2) is 0 Å². The Balaban J connectivity index is 1.95. The van der Waals surface area contributed by atoms with Crippen molar-refractivity contribution in [3.63, 3.8) is 0 Å². The Bertz CT molecular complexity index is 628. The largest absolute Gasteiger partial charge is 0.352 e. The van der Waals surface area contributed by atoms with E-state index in [-0.39, 0.29) is 5.91 Å². The molecule has 0 aliphatic rings. The molecule has 0 unspecified atom stereocenters. The minimum atomic E-state index is -0.106. The summed E-state index contributed by atoms with van der Waals surface area (Å²) in [5.41, 5.74) is 3.65. The first kappa shape index (κ1) is 14.7. The zero-order chi connectivity index (χ0) is 14.5. The molecule has 0 aliphatic heterocycles. The van der Waals surface area contributed by atoms with Crippen molar-refractivity contribution in [2.75, 3.05) is 6.54 Å². The number of aryl methyl sites for hydroxylation is 1. The van der Waals surface area contributed by atoms with Crippen LogP contribution >= 0.6 is 15.9 Å². The van der Waals surface area contributed by atoms with Crippen molar-refractivity contribution >= 4 is 21.8 Å². The zero-order valence-corrected chi connectivity index (χ0v) is 13.1. The van der Waals surface area contributed by atoms with Crippen LogP contribution in [0.25, 0.3) is 0 Å². The molecule has 0 fully saturated rings. The van der Waals surface area contributed by atoms with E-state index < -0.39 is 0 Å². The van der Waals surface area contributed by atoms with Crippen molar-refractivity contribution in [3.8, 4) is 0 Å². The molecular formula is C15H16BrN3O. The Kier molecular flexibility index (Phi) is 4.84. The SMILES string of the molecule is Cc1nnccc1C(=O)NCCc1cccc(Br)c1C. The summed E-state index contributed by atoms with van der Waals surface area (Å²) in [4.78, 5) is 12.0. The number of carbonyl (C=O) groups excluding carboxylic acids is 1. The third kappa shape index (κ3) is 3.42. The van der Waals surface area contributed by atoms with Gasteiger partial charge >= 0.3 is 0 Å². The molecular weight excluding hydrogens is 318 g/mol. The number of benzene rings is 1. The highest BCUT2D eigenvalue weighted by molar-refractivity contribution is 9.10. The molecule has 1 aromatic heterocycles. The Morgan fingerprint density at radius 1 is 1.30 bits per heavy atom. The number of nitrogens with one attached hydrogen (secondary N) is 1. The van der Waals surface area contributed by atoms with Crippen molar-refractivity contribution < 1.29 is 4.79 Å². The van der Waals surface area contributed by atoms with E-state index in [1.807, 2.05) is 12.1 Å². The van der Waals surface area contributed by atoms with Crippen LogP contribution < -0.4 is 5.32 Å². The van der Waals surface area contributed by atoms with Gasteiger partial charge in [0.2, 0.25) is 0 Å². The van der Waals surface area contributed by atoms with Gasteiger partial charge in [-0.2, -0.15) is 10.2 Å². The highest BCUT2D eigenvalue weighted by Gasteiger charge is 2.09. The van der Waals surface area contributed by atoms with Crippen LogP contribution in [-0.4, -0.2) is 22.6 Å². The molecule has 1 aromatic carbocycles. The number of aromatic nitrogens is 2. The van der Waals surface area contributed by atoms with Crippen LogP contribution in [0.15, 0.2) is 34.9 Å². The molecule has 0 saturated carbocycles. The number of hydrogen-bond acceptors (Lipinski definition) is 3. The lowest BCUT2D eigenvalue weighted by Gasteiger charge is -2.09. The summed E-state index contributed by atoms with van der Waals surface area (Å²) in [6.45, 7) is 4.44. The maximum Gasteiger partial charge on any atom is 0.253 e. The Morgan fingerprint density at radius 3 is 2.85 bits per heavy atom. The number of carbonyl (C=O) groups is 1. The summed E-state index contributed by atoms with van der Waals surface area (Å²) < 4.78 is 1.09. The van der Waals surface area contributed by atoms with Crippen LogP contribution in [-0.2, 0) is 6.42 Å². The molecule has 20 heavy (non-hydrogen) atoms. The van der Waals surface area contributed by atoms with Crippen LogP contribution in [0, 0.1) is 13.8 Å². The maximum atomic E-state index is 12.0. The predicted octanol–water partition coefficient (Wildman–Crippen LogP) is 2.83. The molecule has 0 saturated heterocycles. The van der Waals surface area contributed by atoms with Gasteiger partial charge in [-0.1, -0.05) is 28.1 Å². The van der Waals surface area contributed by atoms with Crippen LogP contribution in [0.5, 0.6) is 0 Å². The lowest BCUT2D eigenvalue weighted by molar-refractivity contribution is 0.0953. The van der Waals surface area contributed by atoms with Gasteiger partial charge in [-0.15, -0.1) is 0 Å². The minimum absolute atomic E-state index is 0.106. The predicted molar refractivity (Wildman–Crippen MR) is 81.7 cm³/mol. The van der Waals surface area contributed by atoms with Gasteiger partial charge in [0, 0.05) is 11.0 Å². The second-order valence-corrected chi connectivity index (χ2v) is 5.41. The van der Waals surface area contributed by atoms with E-state index in [9.17, 15) is 4.79 Å². The van der Waals surface area contributed by atoms with E-state index in [4.69, 9.17) is 0 Å². The third-order valence-corrected chi connectivity index (χ3v) is 4.07. The lowest BCUT2D eigenvalue weighted by atomic mass is 10.1. The van der Waals surface area contributed by atoms with Crippen LogP contribution in [0.2, 0.25) is 0 Å². The number of rotatable bonds is 4. The van der Waals surface area contributed by atoms with Crippen molar-refractivity contribution in [1.29, 1.82) is 0 Å². The molecule has 1 amide bonds. The average Bonchev–Trinajstić information content (AvgIpc) is 2.44. The molecule has 5 heteroatoms. The van der Waals surface area contributed by atoms with E-state index in [1.165, 1.54) is 17.3 Å². The van der Waals surface area contributed by atoms with Gasteiger partial charge in [-0.25, -0.2) is 0 Å². The average molecular weight is 334 g/mol. The van der Waals surface area contributed by atoms with Gasteiger partial charge in [0.05, 0.1) is 17.5 Å². The number of amides is 1. The molecule has 0 radical (unpaired) electrons. The van der Waals surface area contributed by atoms with E-state index in [1.54, 1.807) is 13.0 Å². The van der Waals surface area contributed by atoms with E-state index in [0.29, 0.717) is 17.8 Å². The van der Waals surface area contributed by atoms with Gasteiger partial charge in [-0.3, -0.25) is 4.79 Å². The maximum absolute atomic E-state index is 12.0. The quantitative estimate of drug-likeness (QED) is 0.935. The van der Waals surface area contributed by atoms with E-state index >= 15 is 0 Å². The highest BCUT2D eigenvalue weighted by atomic mass is 79.9. The first-order valence-electron chi connectivity index (χ1n) is 6.40. The molecule has 1 N–H and O–H groups in total. The molecule has 2 rings (SSSR count). The van der Waals surface area contributed by atoms with Crippen molar-refractivity contribution in [1.82, 2.24) is 15.5 Å². The van der Waals surface area contributed by atoms with Gasteiger partial charge in [-0.05, 0) is 43.5 Å². The van der Waals surface area contributed by atoms with Crippen LogP contribution in [0.3, 0.4) is 0 Å². The highest BCUT2D eigenvalue weighted by Crippen LogP contribution is 2.19. The van der Waals surface area contributed by atoms with Gasteiger partial charge < -0.3 is 5.32 Å². The normalized spacial score (nSPS) is 10.3. The summed E-state index contributed by atoms with van der Waals surface area (Å²) in [5.74, 6) is -0.106. The fourth-order valence-corrected chi connectivity index (χ4v) is 2.38. The second kappa shape index (κ2) is 6.61. The molecule has 104 valence electrons. The third-order valence-electron chi connectivity index (χ3n) is 3.21. The van der Waals surface area contributed by atoms with Gasteiger partial charge in [0.1, 0.15) is 0 Å². The summed E-state index contributed by atoms with van der Waals surface area (Å²) >= 11 is 3.51. The van der Waals surface area contributed by atoms with Gasteiger partial charge in [0.25, 0.3) is 5.91 Å². The molecule has 4 nitrogen and oxygen atoms in total. The van der Waals surface area contributed by atoms with Crippen LogP contribution in [0.4, 0.5) is 0 Å². The topological polar surface area (TPSA) is 54.9 Å². The Morgan fingerprint density at radius 2 is 2.10 bits per heavy atom. The number of hydrogen-bond donors (Lipinski definition) is 1. The first-order valence-corrected chi connectivity index (χ1v) is 7.19. The molecule has 1 heterocycles. The first-order chi connectivity index (χ1) is 9.59. The summed E-state index contributed by atoms with van der Waals surface area (Å²) in [6.07, 6.45) is 2.33.